The van der Waals surface area contributed by atoms with E-state index in [0.717, 1.165) is 11.3 Å². The summed E-state index contributed by atoms with van der Waals surface area (Å²) in [6, 6.07) is 11.1. The second kappa shape index (κ2) is 7.22. The lowest BCUT2D eigenvalue weighted by molar-refractivity contribution is 0.0912. The zero-order valence-electron chi connectivity index (χ0n) is 13.2. The number of aromatic amines is 1. The van der Waals surface area contributed by atoms with Gasteiger partial charge in [-0.15, -0.1) is 0 Å². The largest absolute Gasteiger partial charge is 0.388 e. The van der Waals surface area contributed by atoms with Gasteiger partial charge in [0.2, 0.25) is 0 Å². The van der Waals surface area contributed by atoms with Crippen LogP contribution in [-0.2, 0) is 0 Å². The number of aliphatic hydroxyl groups excluding tert-OH is 1. The van der Waals surface area contributed by atoms with E-state index in [4.69, 9.17) is 0 Å². The van der Waals surface area contributed by atoms with Gasteiger partial charge in [0.1, 0.15) is 5.69 Å². The van der Waals surface area contributed by atoms with Crippen LogP contribution in [0.3, 0.4) is 0 Å². The van der Waals surface area contributed by atoms with Crippen molar-refractivity contribution in [3.05, 3.63) is 53.3 Å². The fourth-order valence-corrected chi connectivity index (χ4v) is 2.25. The molecule has 22 heavy (non-hydrogen) atoms. The summed E-state index contributed by atoms with van der Waals surface area (Å²) in [4.78, 5) is 12.1. The molecule has 118 valence electrons. The van der Waals surface area contributed by atoms with Crippen molar-refractivity contribution in [3.8, 4) is 0 Å². The smallest absolute Gasteiger partial charge is 0.271 e. The Morgan fingerprint density at radius 2 is 1.95 bits per heavy atom. The fraction of sp³-hybridized carbons (Fsp3) is 0.412. The number of nitrogens with one attached hydrogen (secondary N) is 2. The van der Waals surface area contributed by atoms with E-state index in [0.29, 0.717) is 18.0 Å². The first kappa shape index (κ1) is 16.2. The van der Waals surface area contributed by atoms with E-state index in [1.807, 2.05) is 51.1 Å². The Morgan fingerprint density at radius 1 is 1.27 bits per heavy atom. The summed E-state index contributed by atoms with van der Waals surface area (Å²) < 4.78 is 0. The third-order valence-electron chi connectivity index (χ3n) is 3.59. The van der Waals surface area contributed by atoms with Crippen LogP contribution in [-0.4, -0.2) is 27.3 Å². The highest BCUT2D eigenvalue weighted by molar-refractivity contribution is 5.92. The summed E-state index contributed by atoms with van der Waals surface area (Å²) in [7, 11) is 0. The van der Waals surface area contributed by atoms with Crippen LogP contribution in [0.2, 0.25) is 0 Å². The standard InChI is InChI=1S/C17H23N3O2/c1-11(2)14-10-15(20-19-14)17(22)18-12(3)9-16(21)13-7-5-4-6-8-13/h4-8,10-12,16,21H,9H2,1-3H3,(H,18,22)(H,19,20). The first-order chi connectivity index (χ1) is 10.5. The molecule has 2 rings (SSSR count). The molecule has 0 fully saturated rings. The highest BCUT2D eigenvalue weighted by Crippen LogP contribution is 2.18. The molecular weight excluding hydrogens is 278 g/mol. The minimum Gasteiger partial charge on any atom is -0.388 e. The number of hydrogen-bond acceptors (Lipinski definition) is 3. The number of aromatic nitrogens is 2. The van der Waals surface area contributed by atoms with Gasteiger partial charge in [0.05, 0.1) is 6.10 Å². The third-order valence-corrected chi connectivity index (χ3v) is 3.59. The Kier molecular flexibility index (Phi) is 5.33. The summed E-state index contributed by atoms with van der Waals surface area (Å²) in [5, 5.41) is 19.9. The lowest BCUT2D eigenvalue weighted by Gasteiger charge is -2.17. The summed E-state index contributed by atoms with van der Waals surface area (Å²) in [5.41, 5.74) is 2.16. The van der Waals surface area contributed by atoms with E-state index in [9.17, 15) is 9.90 Å². The number of carbonyl (C=O) groups excluding carboxylic acids is 1. The van der Waals surface area contributed by atoms with Gasteiger partial charge in [-0.3, -0.25) is 9.89 Å². The van der Waals surface area contributed by atoms with E-state index in [1.165, 1.54) is 0 Å². The first-order valence-electron chi connectivity index (χ1n) is 7.56. The lowest BCUT2D eigenvalue weighted by Crippen LogP contribution is -2.34. The predicted octanol–water partition coefficient (Wildman–Crippen LogP) is 2.78. The Bertz CT molecular complexity index is 607. The van der Waals surface area contributed by atoms with Crippen molar-refractivity contribution >= 4 is 5.91 Å². The molecule has 0 aliphatic heterocycles. The normalized spacial score (nSPS) is 13.9. The minimum atomic E-state index is -0.595. The second-order valence-electron chi connectivity index (χ2n) is 5.90. The molecule has 1 aromatic heterocycles. The molecule has 5 heteroatoms. The Hall–Kier alpha value is -2.14. The van der Waals surface area contributed by atoms with E-state index >= 15 is 0 Å². The number of carbonyl (C=O) groups is 1. The molecule has 0 bridgehead atoms. The quantitative estimate of drug-likeness (QED) is 0.767. The molecule has 1 amide bonds. The highest BCUT2D eigenvalue weighted by Gasteiger charge is 2.17. The van der Waals surface area contributed by atoms with Crippen molar-refractivity contribution in [3.63, 3.8) is 0 Å². The number of benzene rings is 1. The molecule has 0 radical (unpaired) electrons. The maximum atomic E-state index is 12.1. The molecule has 0 spiro atoms. The average molecular weight is 301 g/mol. The average Bonchev–Trinajstić information content (AvgIpc) is 2.98. The van der Waals surface area contributed by atoms with Crippen LogP contribution in [0, 0.1) is 0 Å². The van der Waals surface area contributed by atoms with Crippen molar-refractivity contribution in [2.24, 2.45) is 0 Å². The Balaban J connectivity index is 1.90. The van der Waals surface area contributed by atoms with E-state index < -0.39 is 6.10 Å². The second-order valence-corrected chi connectivity index (χ2v) is 5.90. The minimum absolute atomic E-state index is 0.151. The van der Waals surface area contributed by atoms with Gasteiger partial charge in [0, 0.05) is 11.7 Å². The Labute approximate surface area is 130 Å². The molecule has 2 unspecified atom stereocenters. The van der Waals surface area contributed by atoms with Gasteiger partial charge >= 0.3 is 0 Å². The molecule has 0 aliphatic carbocycles. The molecule has 2 aromatic rings. The van der Waals surface area contributed by atoms with Gasteiger partial charge in [-0.2, -0.15) is 5.10 Å². The molecule has 0 saturated carbocycles. The summed E-state index contributed by atoms with van der Waals surface area (Å²) >= 11 is 0. The third kappa shape index (κ3) is 4.18. The molecule has 3 N–H and O–H groups in total. The van der Waals surface area contributed by atoms with Gasteiger partial charge < -0.3 is 10.4 Å². The van der Waals surface area contributed by atoms with E-state index in [-0.39, 0.29) is 11.9 Å². The van der Waals surface area contributed by atoms with Crippen molar-refractivity contribution in [2.45, 2.75) is 45.3 Å². The maximum absolute atomic E-state index is 12.1. The van der Waals surface area contributed by atoms with Gasteiger partial charge in [-0.05, 0) is 30.9 Å². The monoisotopic (exact) mass is 301 g/mol. The topological polar surface area (TPSA) is 78.0 Å². The van der Waals surface area contributed by atoms with Crippen LogP contribution in [0.25, 0.3) is 0 Å². The summed E-state index contributed by atoms with van der Waals surface area (Å²) in [5.74, 6) is 0.0716. The van der Waals surface area contributed by atoms with Crippen LogP contribution in [0.15, 0.2) is 36.4 Å². The van der Waals surface area contributed by atoms with Gasteiger partial charge in [0.15, 0.2) is 0 Å². The fourth-order valence-electron chi connectivity index (χ4n) is 2.25. The van der Waals surface area contributed by atoms with Gasteiger partial charge in [0.25, 0.3) is 5.91 Å². The van der Waals surface area contributed by atoms with Crippen LogP contribution in [0.4, 0.5) is 0 Å². The number of hydrogen-bond donors (Lipinski definition) is 3. The summed E-state index contributed by atoms with van der Waals surface area (Å²) in [6.45, 7) is 5.95. The zero-order chi connectivity index (χ0) is 16.1. The molecule has 0 saturated heterocycles. The van der Waals surface area contributed by atoms with Crippen LogP contribution < -0.4 is 5.32 Å². The van der Waals surface area contributed by atoms with Crippen molar-refractivity contribution < 1.29 is 9.90 Å². The first-order valence-corrected chi connectivity index (χ1v) is 7.56. The lowest BCUT2D eigenvalue weighted by atomic mass is 10.0. The molecule has 0 aliphatic rings. The predicted molar refractivity (Wildman–Crippen MR) is 85.6 cm³/mol. The van der Waals surface area contributed by atoms with E-state index in [1.54, 1.807) is 6.07 Å². The highest BCUT2D eigenvalue weighted by atomic mass is 16.3. The molecule has 1 aromatic carbocycles. The van der Waals surface area contributed by atoms with E-state index in [2.05, 4.69) is 15.5 Å². The van der Waals surface area contributed by atoms with Crippen molar-refractivity contribution in [1.82, 2.24) is 15.5 Å². The molecule has 2 atom stereocenters. The Morgan fingerprint density at radius 3 is 2.55 bits per heavy atom. The number of rotatable bonds is 6. The molecule has 5 nitrogen and oxygen atoms in total. The number of amides is 1. The van der Waals surface area contributed by atoms with Gasteiger partial charge in [-0.1, -0.05) is 44.2 Å². The van der Waals surface area contributed by atoms with Crippen LogP contribution >= 0.6 is 0 Å². The zero-order valence-corrected chi connectivity index (χ0v) is 13.2. The van der Waals surface area contributed by atoms with Crippen LogP contribution in [0.1, 0.15) is 61.0 Å². The SMILES string of the molecule is CC(CC(O)c1ccccc1)NC(=O)c1cc(C(C)C)[nH]n1. The molecule has 1 heterocycles. The van der Waals surface area contributed by atoms with Crippen molar-refractivity contribution in [1.29, 1.82) is 0 Å². The van der Waals surface area contributed by atoms with Gasteiger partial charge in [-0.25, -0.2) is 0 Å². The number of nitrogens with zero attached hydrogens (tertiary/aromatic N) is 1. The summed E-state index contributed by atoms with van der Waals surface area (Å²) in [6.07, 6.45) is -0.140. The molecular formula is C17H23N3O2. The van der Waals surface area contributed by atoms with Crippen molar-refractivity contribution in [2.75, 3.05) is 0 Å². The number of aliphatic hydroxyl groups is 1. The van der Waals surface area contributed by atoms with Crippen LogP contribution in [0.5, 0.6) is 0 Å². The maximum Gasteiger partial charge on any atom is 0.271 e. The number of H-pyrrole nitrogens is 1.